The summed E-state index contributed by atoms with van der Waals surface area (Å²) in [6.07, 6.45) is -0.383. The molecule has 0 saturated carbocycles. The quantitative estimate of drug-likeness (QED) is 0.328. The van der Waals surface area contributed by atoms with Crippen LogP contribution >= 0.6 is 23.2 Å². The standard InChI is InChI=1S/C27H20Cl2N2O2/c28-20-11-13-21(14-12-20)31-26(30-25-8-4-2-6-23(25)27(31)32)18-9-15-22(16-10-18)33-17-19-5-1-3-7-24(19)29/h1-16,26,30H,17H2/t26-/m1/s1. The number of amides is 1. The van der Waals surface area contributed by atoms with Gasteiger partial charge in [-0.25, -0.2) is 0 Å². The second-order valence-corrected chi connectivity index (χ2v) is 8.54. The lowest BCUT2D eigenvalue weighted by Gasteiger charge is -2.38. The van der Waals surface area contributed by atoms with Crippen LogP contribution in [0.5, 0.6) is 5.75 Å². The normalized spacial score (nSPS) is 15.0. The molecule has 1 N–H and O–H groups in total. The van der Waals surface area contributed by atoms with E-state index in [0.717, 1.165) is 28.3 Å². The van der Waals surface area contributed by atoms with Crippen molar-refractivity contribution in [2.45, 2.75) is 12.8 Å². The van der Waals surface area contributed by atoms with Gasteiger partial charge in [0.25, 0.3) is 5.91 Å². The average molecular weight is 475 g/mol. The maximum atomic E-state index is 13.5. The van der Waals surface area contributed by atoms with E-state index in [0.29, 0.717) is 22.2 Å². The van der Waals surface area contributed by atoms with E-state index in [2.05, 4.69) is 5.32 Å². The van der Waals surface area contributed by atoms with E-state index < -0.39 is 0 Å². The minimum Gasteiger partial charge on any atom is -0.489 e. The molecule has 164 valence electrons. The number of hydrogen-bond donors (Lipinski definition) is 1. The molecule has 1 amide bonds. The number of rotatable bonds is 5. The Morgan fingerprint density at radius 2 is 1.52 bits per heavy atom. The topological polar surface area (TPSA) is 41.6 Å². The van der Waals surface area contributed by atoms with E-state index in [1.165, 1.54) is 0 Å². The Balaban J connectivity index is 1.43. The van der Waals surface area contributed by atoms with Crippen molar-refractivity contribution in [1.29, 1.82) is 0 Å². The third-order valence-corrected chi connectivity index (χ3v) is 6.20. The van der Waals surface area contributed by atoms with Crippen LogP contribution in [-0.2, 0) is 6.61 Å². The number of halogens is 2. The van der Waals surface area contributed by atoms with Crippen molar-refractivity contribution < 1.29 is 9.53 Å². The first-order chi connectivity index (χ1) is 16.1. The summed E-state index contributed by atoms with van der Waals surface area (Å²) in [6, 6.07) is 30.1. The van der Waals surface area contributed by atoms with Gasteiger partial charge in [-0.15, -0.1) is 0 Å². The van der Waals surface area contributed by atoms with E-state index in [4.69, 9.17) is 27.9 Å². The highest BCUT2D eigenvalue weighted by atomic mass is 35.5. The van der Waals surface area contributed by atoms with Crippen molar-refractivity contribution >= 4 is 40.5 Å². The predicted octanol–water partition coefficient (Wildman–Crippen LogP) is 7.34. The van der Waals surface area contributed by atoms with Gasteiger partial charge in [-0.1, -0.05) is 65.7 Å². The van der Waals surface area contributed by atoms with Gasteiger partial charge in [0.1, 0.15) is 18.5 Å². The molecule has 0 aromatic heterocycles. The van der Waals surface area contributed by atoms with E-state index >= 15 is 0 Å². The number of nitrogens with zero attached hydrogens (tertiary/aromatic N) is 1. The van der Waals surface area contributed by atoms with E-state index in [9.17, 15) is 4.79 Å². The lowest BCUT2D eigenvalue weighted by molar-refractivity contribution is 0.0975. The number of anilines is 2. The molecule has 1 aliphatic rings. The van der Waals surface area contributed by atoms with Crippen molar-refractivity contribution in [2.75, 3.05) is 10.2 Å². The second-order valence-electron chi connectivity index (χ2n) is 7.69. The fourth-order valence-electron chi connectivity index (χ4n) is 3.88. The molecule has 4 nitrogen and oxygen atoms in total. The second kappa shape index (κ2) is 9.18. The summed E-state index contributed by atoms with van der Waals surface area (Å²) in [5.41, 5.74) is 4.04. The molecule has 0 saturated heterocycles. The third kappa shape index (κ3) is 4.40. The van der Waals surface area contributed by atoms with Gasteiger partial charge in [0, 0.05) is 27.0 Å². The Labute approximate surface area is 202 Å². The van der Waals surface area contributed by atoms with Crippen molar-refractivity contribution in [3.05, 3.63) is 124 Å². The van der Waals surface area contributed by atoms with Crippen molar-refractivity contribution in [3.8, 4) is 5.75 Å². The minimum absolute atomic E-state index is 0.0734. The van der Waals surface area contributed by atoms with Gasteiger partial charge >= 0.3 is 0 Å². The predicted molar refractivity (Wildman–Crippen MR) is 133 cm³/mol. The number of carbonyl (C=O) groups excluding carboxylic acids is 1. The van der Waals surface area contributed by atoms with Gasteiger partial charge in [0.05, 0.1) is 5.56 Å². The molecule has 0 unspecified atom stereocenters. The number of fused-ring (bicyclic) bond motifs is 1. The molecule has 0 fully saturated rings. The summed E-state index contributed by atoms with van der Waals surface area (Å²) in [5.74, 6) is 0.648. The summed E-state index contributed by atoms with van der Waals surface area (Å²) in [4.78, 5) is 15.2. The first-order valence-corrected chi connectivity index (χ1v) is 11.3. The lowest BCUT2D eigenvalue weighted by atomic mass is 10.0. The molecule has 1 atom stereocenters. The number of benzene rings is 4. The molecule has 6 heteroatoms. The highest BCUT2D eigenvalue weighted by molar-refractivity contribution is 6.31. The van der Waals surface area contributed by atoms with Crippen molar-refractivity contribution in [2.24, 2.45) is 0 Å². The van der Waals surface area contributed by atoms with Gasteiger partial charge in [0.15, 0.2) is 0 Å². The molecule has 33 heavy (non-hydrogen) atoms. The Hall–Kier alpha value is -3.47. The molecule has 4 aromatic carbocycles. The zero-order valence-electron chi connectivity index (χ0n) is 17.5. The van der Waals surface area contributed by atoms with Gasteiger partial charge in [-0.2, -0.15) is 0 Å². The first-order valence-electron chi connectivity index (χ1n) is 10.5. The number of ether oxygens (including phenoxy) is 1. The van der Waals surface area contributed by atoms with Crippen molar-refractivity contribution in [1.82, 2.24) is 0 Å². The van der Waals surface area contributed by atoms with Gasteiger partial charge in [-0.3, -0.25) is 9.69 Å². The molecule has 0 bridgehead atoms. The maximum Gasteiger partial charge on any atom is 0.262 e. The lowest BCUT2D eigenvalue weighted by Crippen LogP contribution is -2.43. The molecule has 0 radical (unpaired) electrons. The summed E-state index contributed by atoms with van der Waals surface area (Å²) in [5, 5.41) is 4.80. The zero-order valence-corrected chi connectivity index (χ0v) is 19.1. The van der Waals surface area contributed by atoms with E-state index in [1.807, 2.05) is 84.9 Å². The van der Waals surface area contributed by atoms with Gasteiger partial charge in [-0.05, 0) is 60.2 Å². The Bertz CT molecular complexity index is 1290. The van der Waals surface area contributed by atoms with Crippen LogP contribution in [0.1, 0.15) is 27.7 Å². The Kier molecular flexibility index (Phi) is 5.95. The molecular formula is C27H20Cl2N2O2. The van der Waals surface area contributed by atoms with E-state index in [1.54, 1.807) is 17.0 Å². The minimum atomic E-state index is -0.383. The fraction of sp³-hybridized carbons (Fsp3) is 0.0741. The summed E-state index contributed by atoms with van der Waals surface area (Å²) < 4.78 is 5.92. The van der Waals surface area contributed by atoms with Crippen LogP contribution < -0.4 is 15.0 Å². The molecule has 1 aliphatic heterocycles. The number of nitrogens with one attached hydrogen (secondary N) is 1. The molecule has 1 heterocycles. The SMILES string of the molecule is O=C1c2ccccc2N[C@@H](c2ccc(OCc3ccccc3Cl)cc2)N1c1ccc(Cl)cc1. The van der Waals surface area contributed by atoms with Gasteiger partial charge < -0.3 is 10.1 Å². The Morgan fingerprint density at radius 1 is 0.818 bits per heavy atom. The van der Waals surface area contributed by atoms with E-state index in [-0.39, 0.29) is 12.1 Å². The van der Waals surface area contributed by atoms with Crippen molar-refractivity contribution in [3.63, 3.8) is 0 Å². The molecule has 4 aromatic rings. The average Bonchev–Trinajstić information content (AvgIpc) is 2.85. The highest BCUT2D eigenvalue weighted by Crippen LogP contribution is 2.37. The molecule has 0 spiro atoms. The van der Waals surface area contributed by atoms with Crippen LogP contribution in [0.4, 0.5) is 11.4 Å². The largest absolute Gasteiger partial charge is 0.489 e. The summed E-state index contributed by atoms with van der Waals surface area (Å²) >= 11 is 12.3. The smallest absolute Gasteiger partial charge is 0.262 e. The molecular weight excluding hydrogens is 455 g/mol. The van der Waals surface area contributed by atoms with Crippen LogP contribution in [0.3, 0.4) is 0 Å². The summed E-state index contributed by atoms with van der Waals surface area (Å²) in [7, 11) is 0. The van der Waals surface area contributed by atoms with Crippen LogP contribution in [0, 0.1) is 0 Å². The van der Waals surface area contributed by atoms with Crippen LogP contribution in [0.25, 0.3) is 0 Å². The summed E-state index contributed by atoms with van der Waals surface area (Å²) in [6.45, 7) is 0.378. The molecule has 5 rings (SSSR count). The van der Waals surface area contributed by atoms with Gasteiger partial charge in [0.2, 0.25) is 0 Å². The van der Waals surface area contributed by atoms with Crippen LogP contribution in [0.2, 0.25) is 10.0 Å². The Morgan fingerprint density at radius 3 is 2.27 bits per heavy atom. The first kappa shape index (κ1) is 21.4. The molecule has 0 aliphatic carbocycles. The zero-order chi connectivity index (χ0) is 22.8. The highest BCUT2D eigenvalue weighted by Gasteiger charge is 2.33. The monoisotopic (exact) mass is 474 g/mol. The number of carbonyl (C=O) groups is 1. The number of para-hydroxylation sites is 1. The van der Waals surface area contributed by atoms with Crippen LogP contribution in [-0.4, -0.2) is 5.91 Å². The van der Waals surface area contributed by atoms with Crippen LogP contribution in [0.15, 0.2) is 97.1 Å². The fourth-order valence-corrected chi connectivity index (χ4v) is 4.19. The maximum absolute atomic E-state index is 13.5. The number of hydrogen-bond acceptors (Lipinski definition) is 3. The third-order valence-electron chi connectivity index (χ3n) is 5.58.